The smallest absolute Gasteiger partial charge is 0.293 e. The van der Waals surface area contributed by atoms with Crippen molar-refractivity contribution in [2.75, 3.05) is 11.4 Å². The quantitative estimate of drug-likeness (QED) is 0.631. The first-order valence-electron chi connectivity index (χ1n) is 7.58. The molecular formula is C17H17N3O3. The SMILES string of the molecule is CC1CCN(c2ccc(C#N)cc2[N+](=O)[O-])C(c2ccco2)C1. The molecule has 2 heterocycles. The third-order valence-corrected chi connectivity index (χ3v) is 4.35. The molecule has 2 aromatic rings. The maximum Gasteiger partial charge on any atom is 0.293 e. The molecule has 2 unspecified atom stereocenters. The van der Waals surface area contributed by atoms with Crippen molar-refractivity contribution < 1.29 is 9.34 Å². The lowest BCUT2D eigenvalue weighted by molar-refractivity contribution is -0.384. The van der Waals surface area contributed by atoms with Crippen molar-refractivity contribution in [2.45, 2.75) is 25.8 Å². The summed E-state index contributed by atoms with van der Waals surface area (Å²) in [6, 6.07) is 10.3. The van der Waals surface area contributed by atoms with Gasteiger partial charge in [-0.05, 0) is 43.0 Å². The number of rotatable bonds is 3. The van der Waals surface area contributed by atoms with E-state index in [2.05, 4.69) is 6.92 Å². The van der Waals surface area contributed by atoms with Crippen molar-refractivity contribution in [3.05, 3.63) is 58.0 Å². The number of benzene rings is 1. The summed E-state index contributed by atoms with van der Waals surface area (Å²) in [5.74, 6) is 1.34. The molecule has 1 aliphatic rings. The summed E-state index contributed by atoms with van der Waals surface area (Å²) in [6.45, 7) is 2.90. The van der Waals surface area contributed by atoms with Gasteiger partial charge < -0.3 is 9.32 Å². The molecule has 118 valence electrons. The van der Waals surface area contributed by atoms with Crippen LogP contribution in [0, 0.1) is 27.4 Å². The fourth-order valence-electron chi connectivity index (χ4n) is 3.16. The Hall–Kier alpha value is -2.81. The van der Waals surface area contributed by atoms with Gasteiger partial charge in [-0.15, -0.1) is 0 Å². The Balaban J connectivity index is 2.05. The highest BCUT2D eigenvalue weighted by Gasteiger charge is 2.33. The van der Waals surface area contributed by atoms with Gasteiger partial charge in [0.15, 0.2) is 0 Å². The molecule has 0 aliphatic carbocycles. The summed E-state index contributed by atoms with van der Waals surface area (Å²) in [6.07, 6.45) is 3.47. The van der Waals surface area contributed by atoms with Crippen LogP contribution in [0.15, 0.2) is 41.0 Å². The minimum Gasteiger partial charge on any atom is -0.467 e. The van der Waals surface area contributed by atoms with Gasteiger partial charge in [0.2, 0.25) is 0 Å². The molecule has 0 amide bonds. The Morgan fingerprint density at radius 1 is 1.43 bits per heavy atom. The Bertz CT molecular complexity index is 749. The van der Waals surface area contributed by atoms with Gasteiger partial charge >= 0.3 is 0 Å². The highest BCUT2D eigenvalue weighted by Crippen LogP contribution is 2.41. The molecule has 1 saturated heterocycles. The number of nitrogens with zero attached hydrogens (tertiary/aromatic N) is 3. The van der Waals surface area contributed by atoms with Crippen LogP contribution in [0.25, 0.3) is 0 Å². The molecule has 0 radical (unpaired) electrons. The predicted octanol–water partition coefficient (Wildman–Crippen LogP) is 4.04. The Kier molecular flexibility index (Phi) is 4.02. The highest BCUT2D eigenvalue weighted by molar-refractivity contribution is 5.66. The van der Waals surface area contributed by atoms with E-state index in [0.717, 1.165) is 25.1 Å². The van der Waals surface area contributed by atoms with E-state index in [1.165, 1.54) is 6.07 Å². The van der Waals surface area contributed by atoms with Crippen molar-refractivity contribution in [1.82, 2.24) is 0 Å². The van der Waals surface area contributed by atoms with Crippen LogP contribution in [0.3, 0.4) is 0 Å². The fourth-order valence-corrected chi connectivity index (χ4v) is 3.16. The summed E-state index contributed by atoms with van der Waals surface area (Å²) in [5, 5.41) is 20.4. The number of anilines is 1. The lowest BCUT2D eigenvalue weighted by Crippen LogP contribution is -2.36. The number of nitro groups is 1. The molecule has 6 nitrogen and oxygen atoms in total. The second kappa shape index (κ2) is 6.13. The van der Waals surface area contributed by atoms with E-state index in [9.17, 15) is 10.1 Å². The van der Waals surface area contributed by atoms with Crippen molar-refractivity contribution >= 4 is 11.4 Å². The summed E-state index contributed by atoms with van der Waals surface area (Å²) < 4.78 is 5.55. The van der Waals surface area contributed by atoms with Crippen LogP contribution in [-0.4, -0.2) is 11.5 Å². The van der Waals surface area contributed by atoms with Crippen LogP contribution in [0.5, 0.6) is 0 Å². The standard InChI is InChI=1S/C17H17N3O3/c1-12-6-7-19(16(9-12)17-3-2-8-23-17)14-5-4-13(11-18)10-15(14)20(21)22/h2-5,8,10,12,16H,6-7,9H2,1H3. The van der Waals surface area contributed by atoms with E-state index >= 15 is 0 Å². The van der Waals surface area contributed by atoms with Crippen LogP contribution >= 0.6 is 0 Å². The summed E-state index contributed by atoms with van der Waals surface area (Å²) in [7, 11) is 0. The zero-order valence-corrected chi connectivity index (χ0v) is 12.8. The molecule has 23 heavy (non-hydrogen) atoms. The lowest BCUT2D eigenvalue weighted by atomic mass is 9.90. The molecule has 0 bridgehead atoms. The van der Waals surface area contributed by atoms with Gasteiger partial charge in [0.05, 0.1) is 28.9 Å². The van der Waals surface area contributed by atoms with Gasteiger partial charge in [-0.1, -0.05) is 6.92 Å². The Labute approximate surface area is 134 Å². The zero-order valence-electron chi connectivity index (χ0n) is 12.8. The lowest BCUT2D eigenvalue weighted by Gasteiger charge is -2.38. The minimum absolute atomic E-state index is 0.0274. The highest BCUT2D eigenvalue weighted by atomic mass is 16.6. The van der Waals surface area contributed by atoms with Gasteiger partial charge in [-0.2, -0.15) is 5.26 Å². The summed E-state index contributed by atoms with van der Waals surface area (Å²) >= 11 is 0. The summed E-state index contributed by atoms with van der Waals surface area (Å²) in [5.41, 5.74) is 0.804. The number of furan rings is 1. The van der Waals surface area contributed by atoms with Crippen molar-refractivity contribution in [2.24, 2.45) is 5.92 Å². The second-order valence-electron chi connectivity index (χ2n) is 5.93. The zero-order chi connectivity index (χ0) is 16.4. The number of nitriles is 1. The monoisotopic (exact) mass is 311 g/mol. The second-order valence-corrected chi connectivity index (χ2v) is 5.93. The van der Waals surface area contributed by atoms with Crippen molar-refractivity contribution in [3.63, 3.8) is 0 Å². The molecule has 2 atom stereocenters. The van der Waals surface area contributed by atoms with Crippen LogP contribution in [0.2, 0.25) is 0 Å². The van der Waals surface area contributed by atoms with Crippen molar-refractivity contribution in [3.8, 4) is 6.07 Å². The Morgan fingerprint density at radius 2 is 2.26 bits per heavy atom. The molecule has 0 saturated carbocycles. The van der Waals surface area contributed by atoms with E-state index in [4.69, 9.17) is 9.68 Å². The molecule has 1 aromatic heterocycles. The average molecular weight is 311 g/mol. The first-order chi connectivity index (χ1) is 11.1. The summed E-state index contributed by atoms with van der Waals surface area (Å²) in [4.78, 5) is 13.0. The molecule has 1 aliphatic heterocycles. The largest absolute Gasteiger partial charge is 0.467 e. The van der Waals surface area contributed by atoms with Gasteiger partial charge in [-0.3, -0.25) is 10.1 Å². The predicted molar refractivity (Wildman–Crippen MR) is 85.0 cm³/mol. The molecule has 0 N–H and O–H groups in total. The molecule has 3 rings (SSSR count). The molecule has 6 heteroatoms. The Morgan fingerprint density at radius 3 is 2.91 bits per heavy atom. The van der Waals surface area contributed by atoms with Crippen molar-refractivity contribution in [1.29, 1.82) is 5.26 Å². The number of piperidine rings is 1. The molecule has 0 spiro atoms. The van der Waals surface area contributed by atoms with Gasteiger partial charge in [0.1, 0.15) is 11.4 Å². The fraction of sp³-hybridized carbons (Fsp3) is 0.353. The average Bonchev–Trinajstić information content (AvgIpc) is 3.08. The van der Waals surface area contributed by atoms with Crippen LogP contribution in [0.4, 0.5) is 11.4 Å². The van der Waals surface area contributed by atoms with Gasteiger partial charge in [0, 0.05) is 12.6 Å². The van der Waals surface area contributed by atoms with Gasteiger partial charge in [0.25, 0.3) is 5.69 Å². The van der Waals surface area contributed by atoms with E-state index < -0.39 is 4.92 Å². The molecule has 1 fully saturated rings. The van der Waals surface area contributed by atoms with E-state index in [-0.39, 0.29) is 11.7 Å². The van der Waals surface area contributed by atoms with E-state index in [0.29, 0.717) is 17.2 Å². The number of nitro benzene ring substituents is 1. The van der Waals surface area contributed by atoms with Gasteiger partial charge in [-0.25, -0.2) is 0 Å². The third kappa shape index (κ3) is 2.90. The topological polar surface area (TPSA) is 83.3 Å². The third-order valence-electron chi connectivity index (χ3n) is 4.35. The molecular weight excluding hydrogens is 294 g/mol. The van der Waals surface area contributed by atoms with Crippen LogP contribution < -0.4 is 4.90 Å². The van der Waals surface area contributed by atoms with Crippen LogP contribution in [-0.2, 0) is 0 Å². The maximum atomic E-state index is 11.4. The van der Waals surface area contributed by atoms with E-state index in [1.807, 2.05) is 23.1 Å². The minimum atomic E-state index is -0.423. The molecule has 1 aromatic carbocycles. The van der Waals surface area contributed by atoms with Crippen LogP contribution in [0.1, 0.15) is 37.1 Å². The number of hydrogen-bond acceptors (Lipinski definition) is 5. The number of hydrogen-bond donors (Lipinski definition) is 0. The first-order valence-corrected chi connectivity index (χ1v) is 7.58. The first kappa shape index (κ1) is 15.1. The normalized spacial score (nSPS) is 21.0. The maximum absolute atomic E-state index is 11.4. The van der Waals surface area contributed by atoms with E-state index in [1.54, 1.807) is 18.4 Å².